The topological polar surface area (TPSA) is 80.1 Å². The molecule has 0 amide bonds. The molecule has 0 aliphatic carbocycles. The number of aldehydes is 1. The molecule has 0 aromatic carbocycles. The first-order valence-electron chi connectivity index (χ1n) is 7.05. The third-order valence-corrected chi connectivity index (χ3v) is 3.70. The Kier molecular flexibility index (Phi) is 3.66. The molecule has 0 unspecified atom stereocenters. The zero-order valence-electron chi connectivity index (χ0n) is 11.9. The van der Waals surface area contributed by atoms with Gasteiger partial charge in [-0.2, -0.15) is 0 Å². The quantitative estimate of drug-likeness (QED) is 0.803. The fourth-order valence-corrected chi connectivity index (χ4v) is 2.53. The first kappa shape index (κ1) is 13.7. The Morgan fingerprint density at radius 3 is 2.81 bits per heavy atom. The van der Waals surface area contributed by atoms with Gasteiger partial charge in [-0.3, -0.25) is 9.59 Å². The SMILES string of the molecule is CCn1cc(C=O)c2nc(N3CCNCC3)ncc2c1=O. The van der Waals surface area contributed by atoms with Crippen LogP contribution in [-0.4, -0.2) is 47.0 Å². The molecule has 0 radical (unpaired) electrons. The molecule has 2 aromatic heterocycles. The van der Waals surface area contributed by atoms with Gasteiger partial charge in [0.2, 0.25) is 5.95 Å². The van der Waals surface area contributed by atoms with Crippen molar-refractivity contribution in [1.29, 1.82) is 0 Å². The minimum Gasteiger partial charge on any atom is -0.338 e. The molecule has 21 heavy (non-hydrogen) atoms. The molecule has 0 bridgehead atoms. The second-order valence-corrected chi connectivity index (χ2v) is 4.96. The Morgan fingerprint density at radius 1 is 1.38 bits per heavy atom. The van der Waals surface area contributed by atoms with Crippen LogP contribution in [0.15, 0.2) is 17.2 Å². The molecule has 110 valence electrons. The maximum atomic E-state index is 12.3. The minimum absolute atomic E-state index is 0.162. The lowest BCUT2D eigenvalue weighted by molar-refractivity contribution is 0.112. The molecule has 1 saturated heterocycles. The number of anilines is 1. The summed E-state index contributed by atoms with van der Waals surface area (Å²) in [6.07, 6.45) is 3.83. The lowest BCUT2D eigenvalue weighted by Crippen LogP contribution is -2.44. The van der Waals surface area contributed by atoms with Crippen LogP contribution in [-0.2, 0) is 6.54 Å². The van der Waals surface area contributed by atoms with E-state index in [4.69, 9.17) is 0 Å². The highest BCUT2D eigenvalue weighted by atomic mass is 16.1. The van der Waals surface area contributed by atoms with E-state index in [9.17, 15) is 9.59 Å². The monoisotopic (exact) mass is 287 g/mol. The first-order valence-corrected chi connectivity index (χ1v) is 7.05. The standard InChI is InChI=1S/C14H17N5O2/c1-2-18-8-10(9-20)12-11(13(18)21)7-16-14(17-12)19-5-3-15-4-6-19/h7-9,15H,2-6H2,1H3. The summed E-state index contributed by atoms with van der Waals surface area (Å²) in [5.74, 6) is 0.570. The van der Waals surface area contributed by atoms with Crippen molar-refractivity contribution in [2.24, 2.45) is 0 Å². The van der Waals surface area contributed by atoms with Crippen LogP contribution < -0.4 is 15.8 Å². The van der Waals surface area contributed by atoms with Gasteiger partial charge < -0.3 is 14.8 Å². The molecule has 2 aromatic rings. The van der Waals surface area contributed by atoms with Crippen molar-refractivity contribution in [2.45, 2.75) is 13.5 Å². The number of aromatic nitrogens is 3. The van der Waals surface area contributed by atoms with Gasteiger partial charge >= 0.3 is 0 Å². The van der Waals surface area contributed by atoms with Gasteiger partial charge in [-0.25, -0.2) is 9.97 Å². The van der Waals surface area contributed by atoms with Crippen LogP contribution >= 0.6 is 0 Å². The van der Waals surface area contributed by atoms with Crippen molar-refractivity contribution in [3.8, 4) is 0 Å². The third-order valence-electron chi connectivity index (χ3n) is 3.70. The number of fused-ring (bicyclic) bond motifs is 1. The molecule has 1 fully saturated rings. The molecule has 3 rings (SSSR count). The molecular formula is C14H17N5O2. The van der Waals surface area contributed by atoms with Gasteiger partial charge in [-0.1, -0.05) is 0 Å². The van der Waals surface area contributed by atoms with Crippen LogP contribution in [0.2, 0.25) is 0 Å². The van der Waals surface area contributed by atoms with Crippen molar-refractivity contribution in [1.82, 2.24) is 19.9 Å². The Balaban J connectivity index is 2.16. The van der Waals surface area contributed by atoms with Gasteiger partial charge in [-0.05, 0) is 6.92 Å². The zero-order valence-corrected chi connectivity index (χ0v) is 11.9. The summed E-state index contributed by atoms with van der Waals surface area (Å²) in [5.41, 5.74) is 0.693. The normalized spacial score (nSPS) is 15.4. The largest absolute Gasteiger partial charge is 0.338 e. The number of piperazine rings is 1. The summed E-state index contributed by atoms with van der Waals surface area (Å²) < 4.78 is 1.50. The summed E-state index contributed by atoms with van der Waals surface area (Å²) in [6.45, 7) is 5.74. The Morgan fingerprint density at radius 2 is 2.14 bits per heavy atom. The minimum atomic E-state index is -0.162. The summed E-state index contributed by atoms with van der Waals surface area (Å²) in [4.78, 5) is 34.3. The second-order valence-electron chi connectivity index (χ2n) is 4.96. The van der Waals surface area contributed by atoms with E-state index in [0.29, 0.717) is 29.0 Å². The lowest BCUT2D eigenvalue weighted by atomic mass is 10.2. The number of hydrogen-bond donors (Lipinski definition) is 1. The Bertz CT molecular complexity index is 734. The Labute approximate surface area is 121 Å². The van der Waals surface area contributed by atoms with Crippen LogP contribution in [0.4, 0.5) is 5.95 Å². The Hall–Kier alpha value is -2.28. The van der Waals surface area contributed by atoms with E-state index in [1.165, 1.54) is 10.8 Å². The molecule has 7 nitrogen and oxygen atoms in total. The molecular weight excluding hydrogens is 270 g/mol. The highest BCUT2D eigenvalue weighted by molar-refractivity contribution is 5.94. The molecule has 1 N–H and O–H groups in total. The fraction of sp³-hybridized carbons (Fsp3) is 0.429. The smallest absolute Gasteiger partial charge is 0.261 e. The number of nitrogens with one attached hydrogen (secondary N) is 1. The van der Waals surface area contributed by atoms with Crippen LogP contribution in [0.5, 0.6) is 0 Å². The summed E-state index contributed by atoms with van der Waals surface area (Å²) in [5, 5.41) is 3.65. The number of hydrogen-bond acceptors (Lipinski definition) is 6. The second kappa shape index (κ2) is 5.61. The van der Waals surface area contributed by atoms with Gasteiger partial charge in [0.1, 0.15) is 0 Å². The molecule has 0 spiro atoms. The molecule has 7 heteroatoms. The van der Waals surface area contributed by atoms with E-state index in [1.54, 1.807) is 6.20 Å². The first-order chi connectivity index (χ1) is 10.2. The highest BCUT2D eigenvalue weighted by Crippen LogP contribution is 2.16. The van der Waals surface area contributed by atoms with E-state index in [-0.39, 0.29) is 5.56 Å². The number of nitrogens with zero attached hydrogens (tertiary/aromatic N) is 4. The molecule has 0 atom stereocenters. The van der Waals surface area contributed by atoms with E-state index in [2.05, 4.69) is 20.2 Å². The lowest BCUT2D eigenvalue weighted by Gasteiger charge is -2.27. The molecule has 1 aliphatic rings. The predicted octanol–water partition coefficient (Wildman–Crippen LogP) is 0.0335. The predicted molar refractivity (Wildman–Crippen MR) is 79.9 cm³/mol. The summed E-state index contributed by atoms with van der Waals surface area (Å²) >= 11 is 0. The van der Waals surface area contributed by atoms with Gasteiger partial charge in [0, 0.05) is 45.1 Å². The molecule has 1 aliphatic heterocycles. The van der Waals surface area contributed by atoms with Gasteiger partial charge in [-0.15, -0.1) is 0 Å². The van der Waals surface area contributed by atoms with Crippen LogP contribution in [0.3, 0.4) is 0 Å². The van der Waals surface area contributed by atoms with E-state index in [1.807, 2.05) is 6.92 Å². The van der Waals surface area contributed by atoms with Crippen molar-refractivity contribution in [3.63, 3.8) is 0 Å². The fourth-order valence-electron chi connectivity index (χ4n) is 2.53. The highest BCUT2D eigenvalue weighted by Gasteiger charge is 2.16. The summed E-state index contributed by atoms with van der Waals surface area (Å²) in [6, 6.07) is 0. The molecule has 0 saturated carbocycles. The third kappa shape index (κ3) is 2.40. The zero-order chi connectivity index (χ0) is 14.8. The van der Waals surface area contributed by atoms with Crippen LogP contribution in [0.25, 0.3) is 10.9 Å². The van der Waals surface area contributed by atoms with Gasteiger partial charge in [0.05, 0.1) is 16.5 Å². The van der Waals surface area contributed by atoms with Crippen LogP contribution in [0.1, 0.15) is 17.3 Å². The number of aryl methyl sites for hydroxylation is 1. The van der Waals surface area contributed by atoms with E-state index in [0.717, 1.165) is 32.5 Å². The maximum absolute atomic E-state index is 12.3. The van der Waals surface area contributed by atoms with Crippen molar-refractivity contribution in [2.75, 3.05) is 31.1 Å². The van der Waals surface area contributed by atoms with Gasteiger partial charge in [0.15, 0.2) is 6.29 Å². The molecule has 3 heterocycles. The number of carbonyl (C=O) groups is 1. The maximum Gasteiger partial charge on any atom is 0.261 e. The number of pyridine rings is 1. The van der Waals surface area contributed by atoms with Crippen LogP contribution in [0, 0.1) is 0 Å². The van der Waals surface area contributed by atoms with E-state index >= 15 is 0 Å². The van der Waals surface area contributed by atoms with Gasteiger partial charge in [0.25, 0.3) is 5.56 Å². The number of carbonyl (C=O) groups excluding carboxylic acids is 1. The van der Waals surface area contributed by atoms with Crippen molar-refractivity contribution >= 4 is 23.1 Å². The summed E-state index contributed by atoms with van der Waals surface area (Å²) in [7, 11) is 0. The van der Waals surface area contributed by atoms with E-state index < -0.39 is 0 Å². The average Bonchev–Trinajstić information content (AvgIpc) is 2.56. The average molecular weight is 287 g/mol. The number of rotatable bonds is 3. The van der Waals surface area contributed by atoms with Crippen molar-refractivity contribution in [3.05, 3.63) is 28.3 Å². The van der Waals surface area contributed by atoms with Crippen molar-refractivity contribution < 1.29 is 4.79 Å².